The van der Waals surface area contributed by atoms with Gasteiger partial charge in [0.2, 0.25) is 0 Å². The fourth-order valence-electron chi connectivity index (χ4n) is 12.6. The number of para-hydroxylation sites is 2. The van der Waals surface area contributed by atoms with E-state index in [0.29, 0.717) is 13.0 Å². The number of aliphatic hydroxyl groups is 2. The lowest BCUT2D eigenvalue weighted by Gasteiger charge is -2.71. The Balaban J connectivity index is 1.04. The van der Waals surface area contributed by atoms with Crippen LogP contribution in [-0.4, -0.2) is 72.4 Å². The maximum Gasteiger partial charge on any atom is 0.189 e. The number of methoxy groups -OCH3 is 1. The minimum absolute atomic E-state index is 0.0429. The standard InChI is InChI=1S/C46H54N2O4/c1-42-20-17-35(49)29-44(42)23-24-46(36(30-44)41(50)34-15-13-33(14-16-34)32-9-5-4-6-10-32)39(42)18-21-43(2)40(46)19-22-45(43,51)31-47-25-27-48(28-26-47)37-11-7-8-12-38(37)52-3/h4-16,23-24,30,35,39-40,49,51H,17-22,25-29,31H2,1-3H3/t35?,39-,40-,42-,43+,44+,45-,46-/m1/s1. The second-order valence-corrected chi connectivity index (χ2v) is 17.5. The molecule has 3 saturated carbocycles. The number of hydrogen-bond acceptors (Lipinski definition) is 6. The highest BCUT2D eigenvalue weighted by Crippen LogP contribution is 2.78. The van der Waals surface area contributed by atoms with Crippen molar-refractivity contribution >= 4 is 11.5 Å². The number of ether oxygens (including phenoxy) is 1. The highest BCUT2D eigenvalue weighted by Gasteiger charge is 2.74. The summed E-state index contributed by atoms with van der Waals surface area (Å²) in [5.41, 5.74) is 3.00. The van der Waals surface area contributed by atoms with Crippen LogP contribution in [0.3, 0.4) is 0 Å². The molecule has 272 valence electrons. The van der Waals surface area contributed by atoms with Crippen molar-refractivity contribution in [1.29, 1.82) is 0 Å². The summed E-state index contributed by atoms with van der Waals surface area (Å²) in [5, 5.41) is 24.0. The van der Waals surface area contributed by atoms with Gasteiger partial charge < -0.3 is 19.8 Å². The van der Waals surface area contributed by atoms with Crippen LogP contribution in [-0.2, 0) is 0 Å². The lowest BCUT2D eigenvalue weighted by molar-refractivity contribution is -0.176. The number of anilines is 1. The van der Waals surface area contributed by atoms with Crippen LogP contribution in [0.5, 0.6) is 5.75 Å². The second kappa shape index (κ2) is 12.2. The third-order valence-electron chi connectivity index (χ3n) is 15.5. The molecule has 0 aromatic heterocycles. The van der Waals surface area contributed by atoms with Crippen LogP contribution in [0.25, 0.3) is 11.1 Å². The number of aliphatic hydroxyl groups excluding tert-OH is 1. The fraction of sp³-hybridized carbons (Fsp3) is 0.500. The molecule has 52 heavy (non-hydrogen) atoms. The summed E-state index contributed by atoms with van der Waals surface area (Å²) >= 11 is 0. The number of ketones is 1. The Labute approximate surface area is 309 Å². The van der Waals surface area contributed by atoms with Crippen molar-refractivity contribution in [3.8, 4) is 16.9 Å². The summed E-state index contributed by atoms with van der Waals surface area (Å²) < 4.78 is 5.67. The molecule has 0 amide bonds. The van der Waals surface area contributed by atoms with Crippen molar-refractivity contribution in [2.45, 2.75) is 70.5 Å². The van der Waals surface area contributed by atoms with Crippen molar-refractivity contribution in [2.24, 2.45) is 33.5 Å². The van der Waals surface area contributed by atoms with Gasteiger partial charge in [-0.15, -0.1) is 0 Å². The highest BCUT2D eigenvalue weighted by molar-refractivity contribution is 6.10. The van der Waals surface area contributed by atoms with Crippen LogP contribution in [0.4, 0.5) is 5.69 Å². The molecule has 6 heteroatoms. The molecule has 1 unspecified atom stereocenters. The number of Topliss-reactive ketones (excluding diaryl/α,β-unsaturated/α-hetero) is 1. The molecule has 6 nitrogen and oxygen atoms in total. The monoisotopic (exact) mass is 698 g/mol. The zero-order valence-electron chi connectivity index (χ0n) is 31.1. The normalized spacial score (nSPS) is 37.9. The maximum absolute atomic E-state index is 15.1. The van der Waals surface area contributed by atoms with Gasteiger partial charge in [0.1, 0.15) is 5.75 Å². The molecule has 2 spiro atoms. The van der Waals surface area contributed by atoms with E-state index in [9.17, 15) is 10.2 Å². The molecule has 2 N–H and O–H groups in total. The molecule has 8 atom stereocenters. The highest BCUT2D eigenvalue weighted by atomic mass is 16.5. The number of carbonyl (C=O) groups is 1. The summed E-state index contributed by atoms with van der Waals surface area (Å²) in [6, 6.07) is 26.7. The first-order valence-corrected chi connectivity index (χ1v) is 19.7. The Morgan fingerprint density at radius 3 is 2.19 bits per heavy atom. The number of fused-ring (bicyclic) bond motifs is 1. The zero-order valence-corrected chi connectivity index (χ0v) is 31.1. The molecule has 1 aliphatic heterocycles. The van der Waals surface area contributed by atoms with Crippen molar-refractivity contribution in [3.63, 3.8) is 0 Å². The smallest absolute Gasteiger partial charge is 0.189 e. The Hall–Kier alpha value is -3.71. The SMILES string of the molecule is COc1ccccc1N1CCN(C[C@]2(O)CC[C@H]3[C@]45C=C[C@@]6(C=C4C(=O)c4ccc(-c7ccccc7)cc4)CC(O)CC[C@]6(C)[C@H]5CC[C@@]32C)CC1. The van der Waals surface area contributed by atoms with Gasteiger partial charge in [-0.1, -0.05) is 98.8 Å². The van der Waals surface area contributed by atoms with Gasteiger partial charge in [-0.25, -0.2) is 0 Å². The van der Waals surface area contributed by atoms with E-state index in [1.807, 2.05) is 42.5 Å². The van der Waals surface area contributed by atoms with Crippen LogP contribution in [0.1, 0.15) is 69.2 Å². The molecule has 4 fully saturated rings. The summed E-state index contributed by atoms with van der Waals surface area (Å²) in [4.78, 5) is 19.9. The molecule has 0 radical (unpaired) electrons. The van der Waals surface area contributed by atoms with Gasteiger partial charge in [0.15, 0.2) is 5.78 Å². The molecular formula is C46H54N2O4. The van der Waals surface area contributed by atoms with E-state index >= 15 is 4.79 Å². The molecule has 7 aliphatic rings. The van der Waals surface area contributed by atoms with Gasteiger partial charge in [-0.3, -0.25) is 9.69 Å². The predicted octanol–water partition coefficient (Wildman–Crippen LogP) is 7.96. The van der Waals surface area contributed by atoms with E-state index in [1.165, 1.54) is 0 Å². The number of rotatable bonds is 7. The lowest BCUT2D eigenvalue weighted by Crippen LogP contribution is -2.67. The molecule has 1 saturated heterocycles. The first-order chi connectivity index (χ1) is 25.1. The second-order valence-electron chi connectivity index (χ2n) is 17.5. The molecule has 10 rings (SSSR count). The van der Waals surface area contributed by atoms with Gasteiger partial charge in [0.25, 0.3) is 0 Å². The third-order valence-corrected chi connectivity index (χ3v) is 15.5. The average molecular weight is 699 g/mol. The van der Waals surface area contributed by atoms with E-state index in [1.54, 1.807) is 7.11 Å². The molecule has 3 aromatic carbocycles. The number of carbonyl (C=O) groups excluding carboxylic acids is 1. The summed E-state index contributed by atoms with van der Waals surface area (Å²) in [6.07, 6.45) is 12.8. The summed E-state index contributed by atoms with van der Waals surface area (Å²) in [7, 11) is 1.73. The van der Waals surface area contributed by atoms with Crippen LogP contribution < -0.4 is 9.64 Å². The first kappa shape index (κ1) is 34.1. The Morgan fingerprint density at radius 2 is 1.44 bits per heavy atom. The molecule has 1 heterocycles. The van der Waals surface area contributed by atoms with Crippen LogP contribution in [0.15, 0.2) is 103 Å². The van der Waals surface area contributed by atoms with E-state index in [2.05, 4.69) is 78.3 Å². The summed E-state index contributed by atoms with van der Waals surface area (Å²) in [6.45, 7) is 9.03. The minimum Gasteiger partial charge on any atom is -0.495 e. The Morgan fingerprint density at radius 1 is 0.788 bits per heavy atom. The van der Waals surface area contributed by atoms with Crippen molar-refractivity contribution in [2.75, 3.05) is 44.7 Å². The van der Waals surface area contributed by atoms with Crippen LogP contribution in [0, 0.1) is 33.5 Å². The zero-order chi connectivity index (χ0) is 35.9. The van der Waals surface area contributed by atoms with Crippen LogP contribution >= 0.6 is 0 Å². The van der Waals surface area contributed by atoms with Gasteiger partial charge in [-0.2, -0.15) is 0 Å². The molecule has 2 bridgehead atoms. The maximum atomic E-state index is 15.1. The van der Waals surface area contributed by atoms with E-state index in [4.69, 9.17) is 4.74 Å². The topological polar surface area (TPSA) is 73.2 Å². The number of hydrogen-bond donors (Lipinski definition) is 2. The van der Waals surface area contributed by atoms with Gasteiger partial charge in [0, 0.05) is 60.1 Å². The Kier molecular flexibility index (Phi) is 7.97. The van der Waals surface area contributed by atoms with Crippen molar-refractivity contribution in [3.05, 3.63) is 108 Å². The largest absolute Gasteiger partial charge is 0.495 e. The number of β-amino-alcohol motifs (C(OH)–C–C–N with tert-alkyl or cyclic N) is 1. The molecule has 3 aromatic rings. The van der Waals surface area contributed by atoms with Gasteiger partial charge in [0.05, 0.1) is 24.5 Å². The van der Waals surface area contributed by atoms with E-state index < -0.39 is 11.0 Å². The molecule has 6 aliphatic carbocycles. The average Bonchev–Trinajstić information content (AvgIpc) is 3.44. The van der Waals surface area contributed by atoms with Gasteiger partial charge in [-0.05, 0) is 85.5 Å². The minimum atomic E-state index is -0.848. The summed E-state index contributed by atoms with van der Waals surface area (Å²) in [5.74, 6) is 1.45. The number of piperazine rings is 1. The fourth-order valence-corrected chi connectivity index (χ4v) is 12.6. The number of benzene rings is 3. The molecular weight excluding hydrogens is 645 g/mol. The predicted molar refractivity (Wildman–Crippen MR) is 206 cm³/mol. The van der Waals surface area contributed by atoms with Crippen molar-refractivity contribution in [1.82, 2.24) is 4.90 Å². The Bertz CT molecular complexity index is 1920. The van der Waals surface area contributed by atoms with E-state index in [0.717, 1.165) is 98.4 Å². The lowest BCUT2D eigenvalue weighted by atomic mass is 9.32. The van der Waals surface area contributed by atoms with Crippen LogP contribution in [0.2, 0.25) is 0 Å². The first-order valence-electron chi connectivity index (χ1n) is 19.7. The quantitative estimate of drug-likeness (QED) is 0.193. The number of nitrogens with zero attached hydrogens (tertiary/aromatic N) is 2. The van der Waals surface area contributed by atoms with Crippen molar-refractivity contribution < 1.29 is 19.7 Å². The van der Waals surface area contributed by atoms with E-state index in [-0.39, 0.29) is 40.0 Å². The number of allylic oxidation sites excluding steroid dienone is 4. The third kappa shape index (κ3) is 4.76. The van der Waals surface area contributed by atoms with Gasteiger partial charge >= 0.3 is 0 Å².